The van der Waals surface area contributed by atoms with Gasteiger partial charge in [0.15, 0.2) is 5.82 Å². The monoisotopic (exact) mass is 267 g/mol. The summed E-state index contributed by atoms with van der Waals surface area (Å²) in [6, 6.07) is 0. The SMILES string of the molecule is CCCn1nnnc1CN1CCC(C(=O)O)C(C)C1. The van der Waals surface area contributed by atoms with Crippen molar-refractivity contribution in [3.8, 4) is 0 Å². The van der Waals surface area contributed by atoms with E-state index in [2.05, 4.69) is 27.3 Å². The highest BCUT2D eigenvalue weighted by molar-refractivity contribution is 5.70. The number of tetrazole rings is 1. The molecule has 0 radical (unpaired) electrons. The maximum atomic E-state index is 11.1. The Labute approximate surface area is 112 Å². The Morgan fingerprint density at radius 3 is 2.95 bits per heavy atom. The predicted molar refractivity (Wildman–Crippen MR) is 68.3 cm³/mol. The second-order valence-electron chi connectivity index (χ2n) is 5.26. The van der Waals surface area contributed by atoms with Crippen molar-refractivity contribution in [3.05, 3.63) is 5.82 Å². The van der Waals surface area contributed by atoms with Gasteiger partial charge in [-0.3, -0.25) is 9.69 Å². The van der Waals surface area contributed by atoms with Gasteiger partial charge in [-0.2, -0.15) is 0 Å². The van der Waals surface area contributed by atoms with Gasteiger partial charge in [0, 0.05) is 13.1 Å². The topological polar surface area (TPSA) is 84.1 Å². The molecule has 1 aromatic rings. The van der Waals surface area contributed by atoms with E-state index in [0.717, 1.165) is 31.9 Å². The van der Waals surface area contributed by atoms with E-state index in [9.17, 15) is 4.79 Å². The van der Waals surface area contributed by atoms with Crippen molar-refractivity contribution in [1.82, 2.24) is 25.1 Å². The van der Waals surface area contributed by atoms with Crippen molar-refractivity contribution < 1.29 is 9.90 Å². The molecule has 7 nitrogen and oxygen atoms in total. The van der Waals surface area contributed by atoms with Gasteiger partial charge in [0.25, 0.3) is 0 Å². The normalized spacial score (nSPS) is 24.5. The molecule has 2 heterocycles. The largest absolute Gasteiger partial charge is 0.481 e. The van der Waals surface area contributed by atoms with Crippen molar-refractivity contribution in [2.24, 2.45) is 11.8 Å². The van der Waals surface area contributed by atoms with Crippen LogP contribution in [0.4, 0.5) is 0 Å². The quantitative estimate of drug-likeness (QED) is 0.842. The van der Waals surface area contributed by atoms with Gasteiger partial charge in [-0.1, -0.05) is 13.8 Å². The molecule has 0 aliphatic carbocycles. The minimum atomic E-state index is -0.678. The summed E-state index contributed by atoms with van der Waals surface area (Å²) in [5.41, 5.74) is 0. The van der Waals surface area contributed by atoms with Gasteiger partial charge in [0.2, 0.25) is 0 Å². The molecule has 106 valence electrons. The number of carboxylic acid groups (broad SMARTS) is 1. The molecule has 1 saturated heterocycles. The number of hydrogen-bond acceptors (Lipinski definition) is 5. The number of carboxylic acids is 1. The Balaban J connectivity index is 1.94. The van der Waals surface area contributed by atoms with Crippen molar-refractivity contribution in [1.29, 1.82) is 0 Å². The van der Waals surface area contributed by atoms with Crippen LogP contribution in [0.1, 0.15) is 32.5 Å². The maximum absolute atomic E-state index is 11.1. The van der Waals surface area contributed by atoms with E-state index in [4.69, 9.17) is 5.11 Å². The van der Waals surface area contributed by atoms with Crippen LogP contribution in [-0.2, 0) is 17.9 Å². The third kappa shape index (κ3) is 3.28. The third-order valence-corrected chi connectivity index (χ3v) is 3.71. The number of carbonyl (C=O) groups is 1. The molecule has 0 aromatic carbocycles. The zero-order chi connectivity index (χ0) is 13.8. The highest BCUT2D eigenvalue weighted by Gasteiger charge is 2.31. The van der Waals surface area contributed by atoms with Crippen LogP contribution >= 0.6 is 0 Å². The molecule has 0 saturated carbocycles. The van der Waals surface area contributed by atoms with E-state index in [0.29, 0.717) is 13.0 Å². The van der Waals surface area contributed by atoms with Gasteiger partial charge in [-0.05, 0) is 35.7 Å². The maximum Gasteiger partial charge on any atom is 0.306 e. The lowest BCUT2D eigenvalue weighted by Gasteiger charge is -2.34. The molecular formula is C12H21N5O2. The molecular weight excluding hydrogens is 246 g/mol. The first kappa shape index (κ1) is 13.9. The van der Waals surface area contributed by atoms with Gasteiger partial charge < -0.3 is 5.11 Å². The van der Waals surface area contributed by atoms with E-state index in [-0.39, 0.29) is 11.8 Å². The molecule has 1 aromatic heterocycles. The second kappa shape index (κ2) is 6.10. The van der Waals surface area contributed by atoms with Crippen LogP contribution in [0.15, 0.2) is 0 Å². The Morgan fingerprint density at radius 1 is 1.53 bits per heavy atom. The van der Waals surface area contributed by atoms with E-state index >= 15 is 0 Å². The Morgan fingerprint density at radius 2 is 2.32 bits per heavy atom. The number of hydrogen-bond donors (Lipinski definition) is 1. The summed E-state index contributed by atoms with van der Waals surface area (Å²) in [7, 11) is 0. The fraction of sp³-hybridized carbons (Fsp3) is 0.833. The van der Waals surface area contributed by atoms with Gasteiger partial charge in [0.1, 0.15) is 0 Å². The Bertz CT molecular complexity index is 434. The predicted octanol–water partition coefficient (Wildman–Crippen LogP) is 0.626. The number of aliphatic carboxylic acids is 1. The molecule has 1 aliphatic heterocycles. The molecule has 0 spiro atoms. The van der Waals surface area contributed by atoms with Crippen molar-refractivity contribution in [3.63, 3.8) is 0 Å². The van der Waals surface area contributed by atoms with Crippen LogP contribution in [0.25, 0.3) is 0 Å². The lowest BCUT2D eigenvalue weighted by atomic mass is 9.87. The van der Waals surface area contributed by atoms with E-state index in [1.165, 1.54) is 0 Å². The lowest BCUT2D eigenvalue weighted by molar-refractivity contribution is -0.145. The molecule has 0 bridgehead atoms. The summed E-state index contributed by atoms with van der Waals surface area (Å²) in [6.07, 6.45) is 1.70. The van der Waals surface area contributed by atoms with Gasteiger partial charge >= 0.3 is 5.97 Å². The number of rotatable bonds is 5. The van der Waals surface area contributed by atoms with E-state index in [1.54, 1.807) is 0 Å². The first-order valence-electron chi connectivity index (χ1n) is 6.82. The molecule has 0 amide bonds. The summed E-state index contributed by atoms with van der Waals surface area (Å²) >= 11 is 0. The molecule has 1 aliphatic rings. The van der Waals surface area contributed by atoms with Crippen LogP contribution < -0.4 is 0 Å². The van der Waals surface area contributed by atoms with Crippen molar-refractivity contribution >= 4 is 5.97 Å². The molecule has 2 atom stereocenters. The molecule has 2 rings (SSSR count). The molecule has 1 fully saturated rings. The van der Waals surface area contributed by atoms with Gasteiger partial charge in [-0.15, -0.1) is 5.10 Å². The van der Waals surface area contributed by atoms with Crippen LogP contribution in [0.5, 0.6) is 0 Å². The second-order valence-corrected chi connectivity index (χ2v) is 5.26. The summed E-state index contributed by atoms with van der Waals surface area (Å²) in [5, 5.41) is 20.8. The minimum Gasteiger partial charge on any atom is -0.481 e. The van der Waals surface area contributed by atoms with Crippen LogP contribution in [0.3, 0.4) is 0 Å². The first-order chi connectivity index (χ1) is 9.11. The molecule has 1 N–H and O–H groups in total. The Kier molecular flexibility index (Phi) is 4.47. The smallest absolute Gasteiger partial charge is 0.306 e. The number of piperidine rings is 1. The summed E-state index contributed by atoms with van der Waals surface area (Å²) in [4.78, 5) is 13.3. The standard InChI is InChI=1S/C12H21N5O2/c1-3-5-17-11(13-14-15-17)8-16-6-4-10(12(18)19)9(2)7-16/h9-10H,3-8H2,1-2H3,(H,18,19). The average Bonchev–Trinajstić information content (AvgIpc) is 2.77. The van der Waals surface area contributed by atoms with Crippen LogP contribution in [0.2, 0.25) is 0 Å². The Hall–Kier alpha value is -1.50. The molecule has 7 heteroatoms. The number of likely N-dealkylation sites (tertiary alicyclic amines) is 1. The first-order valence-corrected chi connectivity index (χ1v) is 6.82. The van der Waals surface area contributed by atoms with Crippen LogP contribution in [0, 0.1) is 11.8 Å². The number of nitrogens with zero attached hydrogens (tertiary/aromatic N) is 5. The lowest BCUT2D eigenvalue weighted by Crippen LogP contribution is -2.42. The zero-order valence-electron chi connectivity index (χ0n) is 11.5. The van der Waals surface area contributed by atoms with Gasteiger partial charge in [0.05, 0.1) is 12.5 Å². The third-order valence-electron chi connectivity index (χ3n) is 3.71. The fourth-order valence-electron chi connectivity index (χ4n) is 2.66. The summed E-state index contributed by atoms with van der Waals surface area (Å²) in [5.74, 6) is 0.135. The van der Waals surface area contributed by atoms with Crippen LogP contribution in [-0.4, -0.2) is 49.3 Å². The fourth-order valence-corrected chi connectivity index (χ4v) is 2.66. The number of aryl methyl sites for hydroxylation is 1. The highest BCUT2D eigenvalue weighted by Crippen LogP contribution is 2.24. The molecule has 19 heavy (non-hydrogen) atoms. The van der Waals surface area contributed by atoms with Crippen molar-refractivity contribution in [2.75, 3.05) is 13.1 Å². The van der Waals surface area contributed by atoms with E-state index in [1.807, 2.05) is 11.6 Å². The van der Waals surface area contributed by atoms with Crippen molar-refractivity contribution in [2.45, 2.75) is 39.8 Å². The van der Waals surface area contributed by atoms with Gasteiger partial charge in [-0.25, -0.2) is 4.68 Å². The average molecular weight is 267 g/mol. The highest BCUT2D eigenvalue weighted by atomic mass is 16.4. The van der Waals surface area contributed by atoms with E-state index < -0.39 is 5.97 Å². The summed E-state index contributed by atoms with van der Waals surface area (Å²) in [6.45, 7) is 7.19. The summed E-state index contributed by atoms with van der Waals surface area (Å²) < 4.78 is 1.83. The minimum absolute atomic E-state index is 0.168. The molecule has 2 unspecified atom stereocenters. The number of aromatic nitrogens is 4. The zero-order valence-corrected chi connectivity index (χ0v) is 11.5.